The zero-order valence-electron chi connectivity index (χ0n) is 6.63. The van der Waals surface area contributed by atoms with E-state index in [1.54, 1.807) is 6.20 Å². The van der Waals surface area contributed by atoms with Gasteiger partial charge in [0.25, 0.3) is 0 Å². The smallest absolute Gasteiger partial charge is 0.209 e. The summed E-state index contributed by atoms with van der Waals surface area (Å²) >= 11 is 0. The zero-order valence-corrected chi connectivity index (χ0v) is 6.63. The molecule has 4 N–H and O–H groups in total. The molecule has 0 amide bonds. The summed E-state index contributed by atoms with van der Waals surface area (Å²) in [5, 5.41) is 3.15. The van der Waals surface area contributed by atoms with Crippen molar-refractivity contribution in [1.29, 1.82) is 0 Å². The molecule has 1 aromatic rings. The van der Waals surface area contributed by atoms with Crippen LogP contribution in [0.25, 0.3) is 0 Å². The molecule has 2 heterocycles. The molecule has 1 aliphatic heterocycles. The second-order valence-corrected chi connectivity index (χ2v) is 2.99. The van der Waals surface area contributed by atoms with Gasteiger partial charge in [-0.05, 0) is 13.0 Å². The van der Waals surface area contributed by atoms with E-state index < -0.39 is 0 Å². The number of pyridine rings is 1. The Labute approximate surface area is 69.8 Å². The molecule has 1 saturated heterocycles. The summed E-state index contributed by atoms with van der Waals surface area (Å²) in [5.41, 5.74) is 6.46. The molecule has 0 aromatic carbocycles. The number of H-pyrrole nitrogens is 1. The fourth-order valence-corrected chi connectivity index (χ4v) is 1.33. The van der Waals surface area contributed by atoms with Gasteiger partial charge in [-0.25, -0.2) is 0 Å². The highest BCUT2D eigenvalue weighted by molar-refractivity contribution is 5.38. The van der Waals surface area contributed by atoms with E-state index in [1.165, 1.54) is 6.20 Å². The fraction of sp³-hybridized carbons (Fsp3) is 0.375. The molecule has 2 rings (SSSR count). The minimum Gasteiger partial charge on any atom is -0.394 e. The zero-order chi connectivity index (χ0) is 8.55. The van der Waals surface area contributed by atoms with Crippen molar-refractivity contribution in [3.05, 3.63) is 28.2 Å². The summed E-state index contributed by atoms with van der Waals surface area (Å²) in [6.45, 7) is 0.985. The summed E-state index contributed by atoms with van der Waals surface area (Å²) in [6.07, 6.45) is 4.26. The predicted molar refractivity (Wildman–Crippen MR) is 46.8 cm³/mol. The lowest BCUT2D eigenvalue weighted by molar-refractivity contribution is 0.381. The van der Waals surface area contributed by atoms with Gasteiger partial charge < -0.3 is 16.0 Å². The molecule has 0 radical (unpaired) electrons. The van der Waals surface area contributed by atoms with E-state index in [9.17, 15) is 4.79 Å². The highest BCUT2D eigenvalue weighted by Gasteiger charge is 2.21. The Morgan fingerprint density at radius 1 is 1.50 bits per heavy atom. The van der Waals surface area contributed by atoms with E-state index in [0.717, 1.165) is 18.5 Å². The number of aromatic amines is 1. The van der Waals surface area contributed by atoms with Gasteiger partial charge in [0.15, 0.2) is 0 Å². The molecule has 1 atom stereocenters. The first-order chi connectivity index (χ1) is 5.79. The van der Waals surface area contributed by atoms with E-state index in [2.05, 4.69) is 10.3 Å². The van der Waals surface area contributed by atoms with Crippen LogP contribution in [-0.2, 0) is 0 Å². The Morgan fingerprint density at radius 2 is 2.25 bits per heavy atom. The van der Waals surface area contributed by atoms with Gasteiger partial charge in [-0.2, -0.15) is 0 Å². The Kier molecular flexibility index (Phi) is 1.62. The minimum atomic E-state index is -0.0500. The first kappa shape index (κ1) is 7.36. The van der Waals surface area contributed by atoms with Crippen LogP contribution in [0.15, 0.2) is 17.2 Å². The molecule has 64 valence electrons. The van der Waals surface area contributed by atoms with Crippen LogP contribution < -0.4 is 16.5 Å². The molecule has 12 heavy (non-hydrogen) atoms. The Hall–Kier alpha value is -1.29. The predicted octanol–water partition coefficient (Wildman–Crippen LogP) is -0.00850. The van der Waals surface area contributed by atoms with Crippen LogP contribution in [0.4, 0.5) is 5.69 Å². The first-order valence-corrected chi connectivity index (χ1v) is 3.99. The van der Waals surface area contributed by atoms with Gasteiger partial charge >= 0.3 is 0 Å². The molecule has 4 heteroatoms. The normalized spacial score (nSPS) is 21.8. The Balaban J connectivity index is 2.43. The van der Waals surface area contributed by atoms with Crippen LogP contribution in [-0.4, -0.2) is 11.5 Å². The lowest BCUT2D eigenvalue weighted by atomic mass is 9.99. The van der Waals surface area contributed by atoms with Gasteiger partial charge in [-0.15, -0.1) is 0 Å². The number of nitrogen functional groups attached to an aromatic ring is 1. The number of aromatic nitrogens is 1. The van der Waals surface area contributed by atoms with Crippen LogP contribution in [0.2, 0.25) is 0 Å². The first-order valence-electron chi connectivity index (χ1n) is 3.99. The average molecular weight is 165 g/mol. The van der Waals surface area contributed by atoms with Crippen LogP contribution in [0, 0.1) is 0 Å². The molecule has 0 bridgehead atoms. The number of rotatable bonds is 1. The van der Waals surface area contributed by atoms with E-state index in [0.29, 0.717) is 5.69 Å². The van der Waals surface area contributed by atoms with Crippen molar-refractivity contribution >= 4 is 5.69 Å². The molecule has 1 unspecified atom stereocenters. The quantitative estimate of drug-likeness (QED) is 0.548. The number of hydrogen-bond donors (Lipinski definition) is 3. The summed E-state index contributed by atoms with van der Waals surface area (Å²) in [7, 11) is 0. The maximum absolute atomic E-state index is 11.4. The van der Waals surface area contributed by atoms with Gasteiger partial charge in [0.05, 0.1) is 5.69 Å². The summed E-state index contributed by atoms with van der Waals surface area (Å²) in [6, 6.07) is 0.206. The largest absolute Gasteiger partial charge is 0.394 e. The van der Waals surface area contributed by atoms with Gasteiger partial charge in [0, 0.05) is 24.0 Å². The van der Waals surface area contributed by atoms with Gasteiger partial charge in [0.1, 0.15) is 0 Å². The third-order valence-electron chi connectivity index (χ3n) is 2.20. The molecule has 1 aromatic heterocycles. The van der Waals surface area contributed by atoms with E-state index in [1.807, 2.05) is 0 Å². The van der Waals surface area contributed by atoms with Crippen LogP contribution in [0.3, 0.4) is 0 Å². The monoisotopic (exact) mass is 165 g/mol. The van der Waals surface area contributed by atoms with Gasteiger partial charge in [0.2, 0.25) is 5.43 Å². The van der Waals surface area contributed by atoms with E-state index in [4.69, 9.17) is 5.73 Å². The molecule has 1 fully saturated rings. The minimum absolute atomic E-state index is 0.0500. The summed E-state index contributed by atoms with van der Waals surface area (Å²) in [5.74, 6) is 0. The van der Waals surface area contributed by atoms with Crippen LogP contribution in [0.5, 0.6) is 0 Å². The van der Waals surface area contributed by atoms with E-state index >= 15 is 0 Å². The number of anilines is 1. The van der Waals surface area contributed by atoms with Crippen molar-refractivity contribution in [2.75, 3.05) is 12.3 Å². The van der Waals surface area contributed by atoms with Gasteiger partial charge in [-0.1, -0.05) is 0 Å². The lowest BCUT2D eigenvalue weighted by Crippen LogP contribution is -2.38. The van der Waals surface area contributed by atoms with Crippen molar-refractivity contribution < 1.29 is 0 Å². The SMILES string of the molecule is Nc1c[nH]cc(C2CCN2)c1=O. The highest BCUT2D eigenvalue weighted by atomic mass is 16.1. The fourth-order valence-electron chi connectivity index (χ4n) is 1.33. The third-order valence-corrected chi connectivity index (χ3v) is 2.20. The molecular formula is C8H11N3O. The van der Waals surface area contributed by atoms with E-state index in [-0.39, 0.29) is 11.5 Å². The second-order valence-electron chi connectivity index (χ2n) is 2.99. The van der Waals surface area contributed by atoms with Gasteiger partial charge in [-0.3, -0.25) is 4.79 Å². The number of nitrogens with two attached hydrogens (primary N) is 1. The molecule has 1 aliphatic rings. The van der Waals surface area contributed by atoms with Crippen molar-refractivity contribution in [2.45, 2.75) is 12.5 Å². The van der Waals surface area contributed by atoms with Crippen LogP contribution in [0.1, 0.15) is 18.0 Å². The summed E-state index contributed by atoms with van der Waals surface area (Å²) in [4.78, 5) is 14.3. The molecule has 0 spiro atoms. The highest BCUT2D eigenvalue weighted by Crippen LogP contribution is 2.19. The molecular weight excluding hydrogens is 154 g/mol. The van der Waals surface area contributed by atoms with Crippen molar-refractivity contribution in [1.82, 2.24) is 10.3 Å². The molecule has 0 saturated carbocycles. The number of nitrogens with one attached hydrogen (secondary N) is 2. The van der Waals surface area contributed by atoms with Crippen molar-refractivity contribution in [3.8, 4) is 0 Å². The lowest BCUT2D eigenvalue weighted by Gasteiger charge is -2.27. The Bertz CT molecular complexity index is 340. The van der Waals surface area contributed by atoms with Crippen molar-refractivity contribution in [3.63, 3.8) is 0 Å². The molecule has 4 nitrogen and oxygen atoms in total. The maximum atomic E-state index is 11.4. The Morgan fingerprint density at radius 3 is 2.83 bits per heavy atom. The topological polar surface area (TPSA) is 70.9 Å². The summed E-state index contributed by atoms with van der Waals surface area (Å²) < 4.78 is 0. The maximum Gasteiger partial charge on any atom is 0.209 e. The standard InChI is InChI=1S/C8H11N3O/c9-6-4-10-3-5(8(6)12)7-1-2-11-7/h3-4,7,11H,1-2,9H2,(H,10,12). The third kappa shape index (κ3) is 1.00. The second kappa shape index (κ2) is 2.64. The number of hydrogen-bond acceptors (Lipinski definition) is 3. The molecule has 0 aliphatic carbocycles. The average Bonchev–Trinajstić information content (AvgIpc) is 1.95. The van der Waals surface area contributed by atoms with Crippen LogP contribution >= 0.6 is 0 Å². The van der Waals surface area contributed by atoms with Crippen molar-refractivity contribution in [2.24, 2.45) is 0 Å².